The molecule has 0 heterocycles. The molecule has 0 unspecified atom stereocenters. The van der Waals surface area contributed by atoms with Gasteiger partial charge in [0, 0.05) is 0 Å². The second-order valence-corrected chi connectivity index (χ2v) is 4.46. The molecular formula is C17H13FN2O. The topological polar surface area (TPSA) is 52.9 Å². The zero-order chi connectivity index (χ0) is 15.2. The number of hydrogen-bond acceptors (Lipinski definition) is 2. The van der Waals surface area contributed by atoms with E-state index in [0.29, 0.717) is 0 Å². The second kappa shape index (κ2) is 6.49. The molecule has 2 rings (SSSR count). The molecular weight excluding hydrogens is 267 g/mol. The van der Waals surface area contributed by atoms with Crippen LogP contribution >= 0.6 is 0 Å². The van der Waals surface area contributed by atoms with Crippen molar-refractivity contribution in [1.82, 2.24) is 0 Å². The molecule has 3 nitrogen and oxygen atoms in total. The minimum Gasteiger partial charge on any atom is -0.319 e. The standard InChI is InChI=1S/C17H13FN2O/c1-12-6-2-3-7-13(12)10-14(11-19)17(21)20-16-9-5-4-8-15(16)18/h2-10H,1H3,(H,20,21)/b14-10+. The molecule has 4 heteroatoms. The van der Waals surface area contributed by atoms with Crippen LogP contribution in [0.2, 0.25) is 0 Å². The number of nitrogens with zero attached hydrogens (tertiary/aromatic N) is 1. The number of anilines is 1. The van der Waals surface area contributed by atoms with Crippen LogP contribution in [-0.4, -0.2) is 5.91 Å². The number of amides is 1. The summed E-state index contributed by atoms with van der Waals surface area (Å²) in [5, 5.41) is 11.5. The highest BCUT2D eigenvalue weighted by molar-refractivity contribution is 6.09. The molecule has 104 valence electrons. The Morgan fingerprint density at radius 1 is 1.19 bits per heavy atom. The van der Waals surface area contributed by atoms with Gasteiger partial charge in [-0.25, -0.2) is 4.39 Å². The molecule has 0 aliphatic carbocycles. The van der Waals surface area contributed by atoms with Gasteiger partial charge in [-0.3, -0.25) is 4.79 Å². The predicted octanol–water partition coefficient (Wildman–Crippen LogP) is 3.68. The first-order valence-corrected chi connectivity index (χ1v) is 6.35. The first-order valence-electron chi connectivity index (χ1n) is 6.35. The summed E-state index contributed by atoms with van der Waals surface area (Å²) in [5.74, 6) is -1.18. The van der Waals surface area contributed by atoms with Gasteiger partial charge in [-0.05, 0) is 36.3 Å². The van der Waals surface area contributed by atoms with Crippen LogP contribution in [0.3, 0.4) is 0 Å². The van der Waals surface area contributed by atoms with E-state index < -0.39 is 11.7 Å². The van der Waals surface area contributed by atoms with E-state index in [0.717, 1.165) is 11.1 Å². The summed E-state index contributed by atoms with van der Waals surface area (Å²) in [6.07, 6.45) is 1.49. The molecule has 21 heavy (non-hydrogen) atoms. The molecule has 0 radical (unpaired) electrons. The normalized spacial score (nSPS) is 10.8. The summed E-state index contributed by atoms with van der Waals surface area (Å²) >= 11 is 0. The Morgan fingerprint density at radius 3 is 2.52 bits per heavy atom. The Hall–Kier alpha value is -2.93. The second-order valence-electron chi connectivity index (χ2n) is 4.46. The van der Waals surface area contributed by atoms with E-state index in [4.69, 9.17) is 5.26 Å². The van der Waals surface area contributed by atoms with Crippen molar-refractivity contribution in [2.75, 3.05) is 5.32 Å². The van der Waals surface area contributed by atoms with Gasteiger partial charge in [0.2, 0.25) is 0 Å². The Bertz CT molecular complexity index is 744. The lowest BCUT2D eigenvalue weighted by Crippen LogP contribution is -2.14. The summed E-state index contributed by atoms with van der Waals surface area (Å²) in [6.45, 7) is 1.88. The molecule has 0 fully saturated rings. The number of benzene rings is 2. The molecule has 0 aliphatic heterocycles. The number of carbonyl (C=O) groups excluding carboxylic acids is 1. The number of rotatable bonds is 3. The summed E-state index contributed by atoms with van der Waals surface area (Å²) in [7, 11) is 0. The van der Waals surface area contributed by atoms with Crippen molar-refractivity contribution in [3.05, 3.63) is 71.0 Å². The SMILES string of the molecule is Cc1ccccc1/C=C(\C#N)C(=O)Nc1ccccc1F. The Kier molecular flexibility index (Phi) is 4.47. The van der Waals surface area contributed by atoms with Gasteiger partial charge in [0.15, 0.2) is 0 Å². The van der Waals surface area contributed by atoms with E-state index in [9.17, 15) is 9.18 Å². The molecule has 0 spiro atoms. The number of hydrogen-bond donors (Lipinski definition) is 1. The highest BCUT2D eigenvalue weighted by Crippen LogP contribution is 2.16. The van der Waals surface area contributed by atoms with Crippen LogP contribution in [-0.2, 0) is 4.79 Å². The molecule has 0 saturated heterocycles. The molecule has 2 aromatic carbocycles. The van der Waals surface area contributed by atoms with Crippen LogP contribution in [0, 0.1) is 24.1 Å². The van der Waals surface area contributed by atoms with Crippen molar-refractivity contribution < 1.29 is 9.18 Å². The van der Waals surface area contributed by atoms with Gasteiger partial charge in [0.05, 0.1) is 5.69 Å². The highest BCUT2D eigenvalue weighted by Gasteiger charge is 2.12. The molecule has 0 atom stereocenters. The third-order valence-electron chi connectivity index (χ3n) is 2.98. The molecule has 1 N–H and O–H groups in total. The molecule has 0 saturated carbocycles. The average Bonchev–Trinajstić information content (AvgIpc) is 2.48. The fraction of sp³-hybridized carbons (Fsp3) is 0.0588. The van der Waals surface area contributed by atoms with Crippen molar-refractivity contribution in [3.63, 3.8) is 0 Å². The van der Waals surface area contributed by atoms with Gasteiger partial charge in [0.25, 0.3) is 5.91 Å². The van der Waals surface area contributed by atoms with Crippen molar-refractivity contribution in [1.29, 1.82) is 5.26 Å². The Labute approximate surface area is 122 Å². The Balaban J connectivity index is 2.26. The van der Waals surface area contributed by atoms with Crippen molar-refractivity contribution in [2.45, 2.75) is 6.92 Å². The highest BCUT2D eigenvalue weighted by atomic mass is 19.1. The van der Waals surface area contributed by atoms with Gasteiger partial charge in [0.1, 0.15) is 17.5 Å². The van der Waals surface area contributed by atoms with Crippen LogP contribution in [0.5, 0.6) is 0 Å². The van der Waals surface area contributed by atoms with Crippen LogP contribution in [0.4, 0.5) is 10.1 Å². The zero-order valence-corrected chi connectivity index (χ0v) is 11.4. The number of halogens is 1. The molecule has 0 bridgehead atoms. The van der Waals surface area contributed by atoms with E-state index in [1.807, 2.05) is 37.3 Å². The largest absolute Gasteiger partial charge is 0.319 e. The van der Waals surface area contributed by atoms with Crippen molar-refractivity contribution in [2.24, 2.45) is 0 Å². The first kappa shape index (κ1) is 14.5. The van der Waals surface area contributed by atoms with Gasteiger partial charge in [-0.2, -0.15) is 5.26 Å². The maximum atomic E-state index is 13.5. The molecule has 0 aromatic heterocycles. The summed E-state index contributed by atoms with van der Waals surface area (Å²) in [5.41, 5.74) is 1.70. The van der Waals surface area contributed by atoms with Crippen LogP contribution in [0.1, 0.15) is 11.1 Å². The number of nitrogens with one attached hydrogen (secondary N) is 1. The number of carbonyl (C=O) groups is 1. The zero-order valence-electron chi connectivity index (χ0n) is 11.4. The van der Waals surface area contributed by atoms with Gasteiger partial charge < -0.3 is 5.32 Å². The van der Waals surface area contributed by atoms with E-state index in [2.05, 4.69) is 5.32 Å². The number of aryl methyl sites for hydroxylation is 1. The quantitative estimate of drug-likeness (QED) is 0.688. The third-order valence-corrected chi connectivity index (χ3v) is 2.98. The van der Waals surface area contributed by atoms with Crippen LogP contribution in [0.25, 0.3) is 6.08 Å². The third kappa shape index (κ3) is 3.54. The van der Waals surface area contributed by atoms with Crippen molar-refractivity contribution >= 4 is 17.7 Å². The monoisotopic (exact) mass is 280 g/mol. The van der Waals surface area contributed by atoms with Gasteiger partial charge in [-0.15, -0.1) is 0 Å². The molecule has 0 aliphatic rings. The molecule has 1 amide bonds. The van der Waals surface area contributed by atoms with Crippen LogP contribution in [0.15, 0.2) is 54.1 Å². The Morgan fingerprint density at radius 2 is 1.86 bits per heavy atom. The van der Waals surface area contributed by atoms with Gasteiger partial charge in [-0.1, -0.05) is 36.4 Å². The summed E-state index contributed by atoms with van der Waals surface area (Å²) < 4.78 is 13.5. The minimum absolute atomic E-state index is 0.0495. The van der Waals surface area contributed by atoms with E-state index in [1.165, 1.54) is 24.3 Å². The van der Waals surface area contributed by atoms with Gasteiger partial charge >= 0.3 is 0 Å². The lowest BCUT2D eigenvalue weighted by atomic mass is 10.1. The smallest absolute Gasteiger partial charge is 0.266 e. The van der Waals surface area contributed by atoms with E-state index in [-0.39, 0.29) is 11.3 Å². The average molecular weight is 280 g/mol. The predicted molar refractivity (Wildman–Crippen MR) is 79.8 cm³/mol. The fourth-order valence-corrected chi connectivity index (χ4v) is 1.81. The number of nitriles is 1. The minimum atomic E-state index is -0.633. The fourth-order valence-electron chi connectivity index (χ4n) is 1.81. The maximum absolute atomic E-state index is 13.5. The van der Waals surface area contributed by atoms with E-state index in [1.54, 1.807) is 6.07 Å². The van der Waals surface area contributed by atoms with E-state index >= 15 is 0 Å². The molecule has 2 aromatic rings. The summed E-state index contributed by atoms with van der Waals surface area (Å²) in [6, 6.07) is 15.0. The number of para-hydroxylation sites is 1. The first-order chi connectivity index (χ1) is 10.1. The summed E-state index contributed by atoms with van der Waals surface area (Å²) in [4.78, 5) is 12.0. The van der Waals surface area contributed by atoms with Crippen molar-refractivity contribution in [3.8, 4) is 6.07 Å². The lowest BCUT2D eigenvalue weighted by Gasteiger charge is -2.06. The maximum Gasteiger partial charge on any atom is 0.266 e. The lowest BCUT2D eigenvalue weighted by molar-refractivity contribution is -0.112. The van der Waals surface area contributed by atoms with Crippen LogP contribution < -0.4 is 5.32 Å².